The lowest BCUT2D eigenvalue weighted by atomic mass is 10.0. The second kappa shape index (κ2) is 9.93. The van der Waals surface area contributed by atoms with Gasteiger partial charge in [0.15, 0.2) is 0 Å². The Kier molecular flexibility index (Phi) is 7.07. The van der Waals surface area contributed by atoms with Crippen LogP contribution in [0.5, 0.6) is 5.75 Å². The van der Waals surface area contributed by atoms with Crippen LogP contribution in [0, 0.1) is 0 Å². The predicted octanol–water partition coefficient (Wildman–Crippen LogP) is 5.31. The zero-order valence-corrected chi connectivity index (χ0v) is 16.8. The third kappa shape index (κ3) is 5.85. The first kappa shape index (κ1) is 19.9. The maximum Gasteiger partial charge on any atom is 0.220 e. The molecule has 0 spiro atoms. The van der Waals surface area contributed by atoms with E-state index in [1.54, 1.807) is 0 Å². The molecule has 3 nitrogen and oxygen atoms in total. The van der Waals surface area contributed by atoms with Crippen molar-refractivity contribution in [1.82, 2.24) is 5.32 Å². The van der Waals surface area contributed by atoms with E-state index in [0.29, 0.717) is 13.0 Å². The molecule has 0 aliphatic carbocycles. The van der Waals surface area contributed by atoms with Crippen molar-refractivity contribution in [3.05, 3.63) is 77.9 Å². The summed E-state index contributed by atoms with van der Waals surface area (Å²) in [7, 11) is 0. The minimum absolute atomic E-state index is 0.119. The van der Waals surface area contributed by atoms with E-state index in [0.717, 1.165) is 25.0 Å². The minimum Gasteiger partial charge on any atom is -0.491 e. The Morgan fingerprint density at radius 3 is 2.46 bits per heavy atom. The van der Waals surface area contributed by atoms with Crippen molar-refractivity contribution in [1.29, 1.82) is 0 Å². The molecule has 0 unspecified atom stereocenters. The Morgan fingerprint density at radius 2 is 1.68 bits per heavy atom. The van der Waals surface area contributed by atoms with Crippen LogP contribution in [0.3, 0.4) is 0 Å². The number of rotatable bonds is 9. The van der Waals surface area contributed by atoms with E-state index >= 15 is 0 Å². The average Bonchev–Trinajstić information content (AvgIpc) is 2.70. The maximum atomic E-state index is 12.2. The number of benzene rings is 3. The van der Waals surface area contributed by atoms with Crippen LogP contribution in [0.2, 0.25) is 0 Å². The maximum absolute atomic E-state index is 12.2. The Hall–Kier alpha value is -2.81. The Labute approximate surface area is 167 Å². The number of fused-ring (bicyclic) bond motifs is 1. The van der Waals surface area contributed by atoms with E-state index in [1.165, 1.54) is 21.9 Å². The fourth-order valence-corrected chi connectivity index (χ4v) is 3.37. The van der Waals surface area contributed by atoms with Crippen molar-refractivity contribution in [2.45, 2.75) is 45.6 Å². The van der Waals surface area contributed by atoms with Gasteiger partial charge in [0, 0.05) is 13.0 Å². The van der Waals surface area contributed by atoms with Gasteiger partial charge >= 0.3 is 0 Å². The second-order valence-electron chi connectivity index (χ2n) is 7.40. The molecule has 3 aromatic carbocycles. The monoisotopic (exact) mass is 375 g/mol. The fourth-order valence-electron chi connectivity index (χ4n) is 3.37. The minimum atomic E-state index is 0.119. The van der Waals surface area contributed by atoms with Crippen LogP contribution in [-0.4, -0.2) is 18.6 Å². The highest BCUT2D eigenvalue weighted by Gasteiger charge is 2.05. The van der Waals surface area contributed by atoms with Crippen molar-refractivity contribution < 1.29 is 9.53 Å². The van der Waals surface area contributed by atoms with Crippen LogP contribution >= 0.6 is 0 Å². The smallest absolute Gasteiger partial charge is 0.220 e. The molecular formula is C25H29NO2. The standard InChI is InChI=1S/C25H29NO2/c1-19(2)28-23-15-12-20(13-16-23)7-6-18-26-25(27)17-14-22-10-5-9-21-8-3-4-11-24(21)22/h3-5,8-13,15-16,19H,6-7,14,17-18H2,1-2H3,(H,26,27). The summed E-state index contributed by atoms with van der Waals surface area (Å²) in [6, 6.07) is 22.8. The highest BCUT2D eigenvalue weighted by Crippen LogP contribution is 2.19. The lowest BCUT2D eigenvalue weighted by molar-refractivity contribution is -0.121. The lowest BCUT2D eigenvalue weighted by Gasteiger charge is -2.10. The van der Waals surface area contributed by atoms with Gasteiger partial charge < -0.3 is 10.1 Å². The van der Waals surface area contributed by atoms with Crippen LogP contribution < -0.4 is 10.1 Å². The third-order valence-electron chi connectivity index (χ3n) is 4.76. The quantitative estimate of drug-likeness (QED) is 0.515. The average molecular weight is 376 g/mol. The molecule has 3 rings (SSSR count). The molecule has 1 N–H and O–H groups in total. The zero-order chi connectivity index (χ0) is 19.8. The molecule has 0 aliphatic rings. The van der Waals surface area contributed by atoms with Crippen LogP contribution in [0.25, 0.3) is 10.8 Å². The van der Waals surface area contributed by atoms with Crippen molar-refractivity contribution in [2.75, 3.05) is 6.54 Å². The predicted molar refractivity (Wildman–Crippen MR) is 116 cm³/mol. The summed E-state index contributed by atoms with van der Waals surface area (Å²) in [5, 5.41) is 5.51. The summed E-state index contributed by atoms with van der Waals surface area (Å²) in [4.78, 5) is 12.2. The van der Waals surface area contributed by atoms with Crippen LogP contribution in [0.15, 0.2) is 66.7 Å². The molecular weight excluding hydrogens is 346 g/mol. The molecule has 0 bridgehead atoms. The fraction of sp³-hybridized carbons (Fsp3) is 0.320. The molecule has 0 fully saturated rings. The van der Waals surface area contributed by atoms with Crippen LogP contribution in [0.1, 0.15) is 37.8 Å². The van der Waals surface area contributed by atoms with Gasteiger partial charge in [0.1, 0.15) is 5.75 Å². The topological polar surface area (TPSA) is 38.3 Å². The van der Waals surface area contributed by atoms with E-state index < -0.39 is 0 Å². The summed E-state index contributed by atoms with van der Waals surface area (Å²) in [6.45, 7) is 4.76. The highest BCUT2D eigenvalue weighted by molar-refractivity contribution is 5.86. The van der Waals surface area contributed by atoms with Crippen molar-refractivity contribution in [3.8, 4) is 5.75 Å². The first-order chi connectivity index (χ1) is 13.6. The molecule has 28 heavy (non-hydrogen) atoms. The van der Waals surface area contributed by atoms with Gasteiger partial charge in [-0.1, -0.05) is 54.6 Å². The molecule has 3 aromatic rings. The number of hydrogen-bond donors (Lipinski definition) is 1. The molecule has 0 heterocycles. The normalized spacial score (nSPS) is 11.0. The SMILES string of the molecule is CC(C)Oc1ccc(CCCNC(=O)CCc2cccc3ccccc23)cc1. The van der Waals surface area contributed by atoms with Crippen molar-refractivity contribution in [3.63, 3.8) is 0 Å². The van der Waals surface area contributed by atoms with Gasteiger partial charge in [0.25, 0.3) is 0 Å². The molecule has 0 atom stereocenters. The molecule has 0 saturated heterocycles. The number of amides is 1. The first-order valence-corrected chi connectivity index (χ1v) is 10.1. The van der Waals surface area contributed by atoms with E-state index in [4.69, 9.17) is 4.74 Å². The van der Waals surface area contributed by atoms with Gasteiger partial charge in [-0.3, -0.25) is 4.79 Å². The largest absolute Gasteiger partial charge is 0.491 e. The highest BCUT2D eigenvalue weighted by atomic mass is 16.5. The van der Waals surface area contributed by atoms with Gasteiger partial charge in [0.2, 0.25) is 5.91 Å². The molecule has 0 aromatic heterocycles. The molecule has 3 heteroatoms. The molecule has 146 valence electrons. The van der Waals surface area contributed by atoms with Gasteiger partial charge in [0.05, 0.1) is 6.10 Å². The molecule has 0 aliphatic heterocycles. The van der Waals surface area contributed by atoms with E-state index in [1.807, 2.05) is 38.1 Å². The molecule has 0 radical (unpaired) electrons. The number of nitrogens with one attached hydrogen (secondary N) is 1. The number of aryl methyl sites for hydroxylation is 2. The van der Waals surface area contributed by atoms with Gasteiger partial charge in [-0.05, 0) is 67.1 Å². The summed E-state index contributed by atoms with van der Waals surface area (Å²) in [5.74, 6) is 1.02. The molecule has 1 amide bonds. The van der Waals surface area contributed by atoms with Gasteiger partial charge in [-0.15, -0.1) is 0 Å². The number of hydrogen-bond acceptors (Lipinski definition) is 2. The number of carbonyl (C=O) groups excluding carboxylic acids is 1. The van der Waals surface area contributed by atoms with Crippen LogP contribution in [0.4, 0.5) is 0 Å². The number of ether oxygens (including phenoxy) is 1. The Balaban J connectivity index is 1.39. The van der Waals surface area contributed by atoms with Gasteiger partial charge in [-0.25, -0.2) is 0 Å². The van der Waals surface area contributed by atoms with Crippen molar-refractivity contribution in [2.24, 2.45) is 0 Å². The summed E-state index contributed by atoms with van der Waals surface area (Å²) < 4.78 is 5.66. The Morgan fingerprint density at radius 1 is 0.929 bits per heavy atom. The van der Waals surface area contributed by atoms with Crippen molar-refractivity contribution >= 4 is 16.7 Å². The summed E-state index contributed by atoms with van der Waals surface area (Å²) in [6.07, 6.45) is 3.37. The van der Waals surface area contributed by atoms with Crippen LogP contribution in [-0.2, 0) is 17.6 Å². The van der Waals surface area contributed by atoms with E-state index in [2.05, 4.69) is 47.8 Å². The summed E-state index contributed by atoms with van der Waals surface area (Å²) >= 11 is 0. The van der Waals surface area contributed by atoms with Gasteiger partial charge in [-0.2, -0.15) is 0 Å². The zero-order valence-electron chi connectivity index (χ0n) is 16.8. The van der Waals surface area contributed by atoms with E-state index in [-0.39, 0.29) is 12.0 Å². The second-order valence-corrected chi connectivity index (χ2v) is 7.40. The number of carbonyl (C=O) groups is 1. The molecule has 0 saturated carbocycles. The summed E-state index contributed by atoms with van der Waals surface area (Å²) in [5.41, 5.74) is 2.50. The van der Waals surface area contributed by atoms with E-state index in [9.17, 15) is 4.79 Å². The Bertz CT molecular complexity index is 895. The third-order valence-corrected chi connectivity index (χ3v) is 4.76. The lowest BCUT2D eigenvalue weighted by Crippen LogP contribution is -2.25. The first-order valence-electron chi connectivity index (χ1n) is 10.1.